The van der Waals surface area contributed by atoms with Gasteiger partial charge in [-0.25, -0.2) is 0 Å². The molecule has 1 saturated carbocycles. The minimum atomic E-state index is 0.109. The summed E-state index contributed by atoms with van der Waals surface area (Å²) in [5.41, 5.74) is 0.109. The third-order valence-corrected chi connectivity index (χ3v) is 2.25. The van der Waals surface area contributed by atoms with Crippen LogP contribution in [0.25, 0.3) is 0 Å². The third kappa shape index (κ3) is 1.45. The van der Waals surface area contributed by atoms with Crippen molar-refractivity contribution in [3.8, 4) is 0 Å². The Kier molecular flexibility index (Phi) is 1.80. The van der Waals surface area contributed by atoms with Crippen LogP contribution in [0.2, 0.25) is 0 Å². The molecule has 53 valence electrons. The molecule has 1 radical (unpaired) electrons. The van der Waals surface area contributed by atoms with Crippen molar-refractivity contribution in [3.63, 3.8) is 0 Å². The van der Waals surface area contributed by atoms with Crippen molar-refractivity contribution in [3.05, 3.63) is 6.10 Å². The first-order valence-electron chi connectivity index (χ1n) is 3.68. The molecule has 0 atom stereocenters. The molecule has 0 amide bonds. The molecule has 0 bridgehead atoms. The molecule has 0 aliphatic heterocycles. The molecule has 1 fully saturated rings. The van der Waals surface area contributed by atoms with E-state index in [-0.39, 0.29) is 5.41 Å². The predicted molar refractivity (Wildman–Crippen MR) is 37.4 cm³/mol. The number of aliphatic hydroxyl groups excluding tert-OH is 1. The Hall–Kier alpha value is -0.0400. The molecule has 0 saturated heterocycles. The van der Waals surface area contributed by atoms with Gasteiger partial charge in [0.2, 0.25) is 0 Å². The summed E-state index contributed by atoms with van der Waals surface area (Å²) in [6, 6.07) is 0. The van der Waals surface area contributed by atoms with Gasteiger partial charge in [-0.15, -0.1) is 0 Å². The SMILES string of the molecule is CC1(C)CCCC[C]1O. The zero-order valence-corrected chi connectivity index (χ0v) is 6.28. The van der Waals surface area contributed by atoms with E-state index < -0.39 is 0 Å². The Morgan fingerprint density at radius 1 is 1.33 bits per heavy atom. The van der Waals surface area contributed by atoms with Crippen molar-refractivity contribution in [1.29, 1.82) is 0 Å². The van der Waals surface area contributed by atoms with E-state index in [2.05, 4.69) is 13.8 Å². The molecule has 1 heteroatoms. The third-order valence-electron chi connectivity index (χ3n) is 2.25. The van der Waals surface area contributed by atoms with Crippen molar-refractivity contribution < 1.29 is 5.11 Å². The Labute approximate surface area is 57.1 Å². The molecule has 1 aliphatic rings. The minimum Gasteiger partial charge on any atom is -0.386 e. The van der Waals surface area contributed by atoms with E-state index in [9.17, 15) is 5.11 Å². The zero-order valence-electron chi connectivity index (χ0n) is 6.28. The first-order valence-corrected chi connectivity index (χ1v) is 3.68. The van der Waals surface area contributed by atoms with E-state index in [1.807, 2.05) is 0 Å². The summed E-state index contributed by atoms with van der Waals surface area (Å²) < 4.78 is 0. The molecule has 1 rings (SSSR count). The summed E-state index contributed by atoms with van der Waals surface area (Å²) in [4.78, 5) is 0. The Bertz CT molecular complexity index is 96.7. The summed E-state index contributed by atoms with van der Waals surface area (Å²) in [5, 5.41) is 9.35. The van der Waals surface area contributed by atoms with Crippen molar-refractivity contribution >= 4 is 0 Å². The largest absolute Gasteiger partial charge is 0.386 e. The van der Waals surface area contributed by atoms with Crippen LogP contribution in [0.3, 0.4) is 0 Å². The Morgan fingerprint density at radius 2 is 2.00 bits per heavy atom. The van der Waals surface area contributed by atoms with Crippen molar-refractivity contribution in [2.24, 2.45) is 5.41 Å². The first-order chi connectivity index (χ1) is 4.13. The first kappa shape index (κ1) is 7.07. The van der Waals surface area contributed by atoms with Crippen molar-refractivity contribution in [1.82, 2.24) is 0 Å². The van der Waals surface area contributed by atoms with Gasteiger partial charge in [-0.05, 0) is 18.3 Å². The van der Waals surface area contributed by atoms with Crippen LogP contribution in [0.4, 0.5) is 0 Å². The predicted octanol–water partition coefficient (Wildman–Crippen LogP) is 2.49. The number of hydrogen-bond donors (Lipinski definition) is 1. The highest BCUT2D eigenvalue weighted by molar-refractivity contribution is 4.95. The normalized spacial score (nSPS) is 28.3. The molecule has 1 nitrogen and oxygen atoms in total. The van der Waals surface area contributed by atoms with E-state index in [1.54, 1.807) is 0 Å². The van der Waals surface area contributed by atoms with Gasteiger partial charge in [0.25, 0.3) is 0 Å². The number of aliphatic hydroxyl groups is 1. The second-order valence-electron chi connectivity index (χ2n) is 3.54. The molecular weight excluding hydrogens is 112 g/mol. The van der Waals surface area contributed by atoms with Crippen molar-refractivity contribution in [2.75, 3.05) is 0 Å². The lowest BCUT2D eigenvalue weighted by Crippen LogP contribution is -2.25. The molecule has 0 aromatic rings. The number of rotatable bonds is 0. The van der Waals surface area contributed by atoms with Crippen LogP contribution in [0.15, 0.2) is 0 Å². The zero-order chi connectivity index (χ0) is 6.91. The molecular formula is C8H15O. The van der Waals surface area contributed by atoms with E-state index >= 15 is 0 Å². The molecule has 0 unspecified atom stereocenters. The molecule has 1 N–H and O–H groups in total. The molecule has 0 aromatic carbocycles. The smallest absolute Gasteiger partial charge is 0.0989 e. The molecule has 0 aromatic heterocycles. The fourth-order valence-corrected chi connectivity index (χ4v) is 1.34. The monoisotopic (exact) mass is 127 g/mol. The van der Waals surface area contributed by atoms with Gasteiger partial charge in [0.15, 0.2) is 0 Å². The Balaban J connectivity index is 2.49. The summed E-state index contributed by atoms with van der Waals surface area (Å²) in [7, 11) is 0. The topological polar surface area (TPSA) is 20.2 Å². The minimum absolute atomic E-state index is 0.109. The lowest BCUT2D eigenvalue weighted by molar-refractivity contribution is 0.113. The van der Waals surface area contributed by atoms with Gasteiger partial charge in [0, 0.05) is 0 Å². The summed E-state index contributed by atoms with van der Waals surface area (Å²) in [6.07, 6.45) is 5.23. The van der Waals surface area contributed by atoms with Gasteiger partial charge >= 0.3 is 0 Å². The van der Waals surface area contributed by atoms with Gasteiger partial charge < -0.3 is 5.11 Å². The highest BCUT2D eigenvalue weighted by Crippen LogP contribution is 2.39. The fraction of sp³-hybridized carbons (Fsp3) is 0.875. The van der Waals surface area contributed by atoms with Crippen LogP contribution >= 0.6 is 0 Å². The molecule has 0 spiro atoms. The summed E-state index contributed by atoms with van der Waals surface area (Å²) in [6.45, 7) is 4.23. The highest BCUT2D eigenvalue weighted by atomic mass is 16.3. The van der Waals surface area contributed by atoms with E-state index in [4.69, 9.17) is 0 Å². The highest BCUT2D eigenvalue weighted by Gasteiger charge is 2.31. The maximum Gasteiger partial charge on any atom is 0.0989 e. The van der Waals surface area contributed by atoms with Crippen LogP contribution in [0, 0.1) is 11.5 Å². The molecule has 1 aliphatic carbocycles. The molecule has 9 heavy (non-hydrogen) atoms. The van der Waals surface area contributed by atoms with Crippen LogP contribution in [-0.4, -0.2) is 5.11 Å². The standard InChI is InChI=1S/C8H15O/c1-8(2)6-4-3-5-7(8)9/h9H,3-6H2,1-2H3. The van der Waals surface area contributed by atoms with Crippen LogP contribution in [0.1, 0.15) is 39.5 Å². The van der Waals surface area contributed by atoms with Crippen LogP contribution in [0.5, 0.6) is 0 Å². The van der Waals surface area contributed by atoms with Gasteiger partial charge in [-0.2, -0.15) is 0 Å². The van der Waals surface area contributed by atoms with Crippen LogP contribution < -0.4 is 0 Å². The Morgan fingerprint density at radius 3 is 2.33 bits per heavy atom. The quantitative estimate of drug-likeness (QED) is 0.530. The second-order valence-corrected chi connectivity index (χ2v) is 3.54. The van der Waals surface area contributed by atoms with E-state index in [0.717, 1.165) is 12.8 Å². The van der Waals surface area contributed by atoms with E-state index in [1.165, 1.54) is 12.8 Å². The average molecular weight is 127 g/mol. The van der Waals surface area contributed by atoms with Crippen LogP contribution in [-0.2, 0) is 0 Å². The number of hydrogen-bond acceptors (Lipinski definition) is 1. The maximum absolute atomic E-state index is 9.35. The van der Waals surface area contributed by atoms with Crippen molar-refractivity contribution in [2.45, 2.75) is 39.5 Å². The van der Waals surface area contributed by atoms with E-state index in [0.29, 0.717) is 6.10 Å². The van der Waals surface area contributed by atoms with Gasteiger partial charge in [0.05, 0.1) is 6.10 Å². The van der Waals surface area contributed by atoms with Gasteiger partial charge in [0.1, 0.15) is 0 Å². The lowest BCUT2D eigenvalue weighted by atomic mass is 9.75. The maximum atomic E-state index is 9.35. The molecule has 0 heterocycles. The lowest BCUT2D eigenvalue weighted by Gasteiger charge is -2.33. The fourth-order valence-electron chi connectivity index (χ4n) is 1.34. The van der Waals surface area contributed by atoms with Gasteiger partial charge in [-0.1, -0.05) is 26.7 Å². The van der Waals surface area contributed by atoms with Gasteiger partial charge in [-0.3, -0.25) is 0 Å². The summed E-state index contributed by atoms with van der Waals surface area (Å²) in [5.74, 6) is 0. The average Bonchev–Trinajstić information content (AvgIpc) is 1.77. The second kappa shape index (κ2) is 2.30. The summed E-state index contributed by atoms with van der Waals surface area (Å²) >= 11 is 0.